The van der Waals surface area contributed by atoms with E-state index < -0.39 is 15.7 Å². The Morgan fingerprint density at radius 3 is 2.71 bits per heavy atom. The molecule has 2 N–H and O–H groups in total. The average molecular weight is 330 g/mol. The number of hydrogen-bond donors (Lipinski definition) is 1. The largest absolute Gasteiger partial charge is 0.397 e. The van der Waals surface area contributed by atoms with Crippen LogP contribution in [0.25, 0.3) is 10.1 Å². The van der Waals surface area contributed by atoms with Gasteiger partial charge in [-0.25, -0.2) is 12.8 Å². The van der Waals surface area contributed by atoms with E-state index in [4.69, 9.17) is 5.73 Å². The number of sulfone groups is 1. The maximum atomic E-state index is 13.2. The van der Waals surface area contributed by atoms with Gasteiger partial charge in [-0.3, -0.25) is 4.79 Å². The van der Waals surface area contributed by atoms with Crippen LogP contribution in [0.4, 0.5) is 10.1 Å². The lowest BCUT2D eigenvalue weighted by molar-refractivity contribution is 0.0809. The Morgan fingerprint density at radius 2 is 2.10 bits per heavy atom. The van der Waals surface area contributed by atoms with Crippen molar-refractivity contribution in [1.82, 2.24) is 4.90 Å². The highest BCUT2D eigenvalue weighted by Crippen LogP contribution is 2.34. The average Bonchev–Trinajstić information content (AvgIpc) is 2.71. The highest BCUT2D eigenvalue weighted by Gasteiger charge is 2.20. The molecule has 1 heterocycles. The first kappa shape index (κ1) is 15.7. The highest BCUT2D eigenvalue weighted by molar-refractivity contribution is 7.90. The lowest BCUT2D eigenvalue weighted by atomic mass is 10.2. The smallest absolute Gasteiger partial charge is 0.265 e. The normalized spacial score (nSPS) is 11.8. The van der Waals surface area contributed by atoms with Gasteiger partial charge in [-0.05, 0) is 18.2 Å². The minimum absolute atomic E-state index is 0.0830. The summed E-state index contributed by atoms with van der Waals surface area (Å²) in [4.78, 5) is 13.9. The summed E-state index contributed by atoms with van der Waals surface area (Å²) < 4.78 is 36.2. The van der Waals surface area contributed by atoms with Crippen molar-refractivity contribution in [2.24, 2.45) is 0 Å². The second kappa shape index (κ2) is 5.61. The second-order valence-corrected chi connectivity index (χ2v) is 8.15. The van der Waals surface area contributed by atoms with Crippen LogP contribution in [0.15, 0.2) is 18.2 Å². The van der Waals surface area contributed by atoms with Crippen LogP contribution in [-0.2, 0) is 9.84 Å². The Morgan fingerprint density at radius 1 is 1.43 bits per heavy atom. The number of nitrogens with zero attached hydrogens (tertiary/aromatic N) is 1. The van der Waals surface area contributed by atoms with Gasteiger partial charge in [0.15, 0.2) is 0 Å². The summed E-state index contributed by atoms with van der Waals surface area (Å²) >= 11 is 1.17. The number of thiophene rings is 1. The van der Waals surface area contributed by atoms with Gasteiger partial charge < -0.3 is 10.6 Å². The summed E-state index contributed by atoms with van der Waals surface area (Å²) in [6, 6.07) is 4.16. The molecule has 0 fully saturated rings. The van der Waals surface area contributed by atoms with Crippen LogP contribution in [-0.4, -0.2) is 44.8 Å². The van der Waals surface area contributed by atoms with Gasteiger partial charge in [0, 0.05) is 29.9 Å². The number of carbonyl (C=O) groups is 1. The number of benzene rings is 1. The zero-order valence-corrected chi connectivity index (χ0v) is 13.2. The molecule has 2 aromatic rings. The molecule has 1 aromatic carbocycles. The second-order valence-electron chi connectivity index (χ2n) is 4.84. The minimum Gasteiger partial charge on any atom is -0.397 e. The van der Waals surface area contributed by atoms with Gasteiger partial charge >= 0.3 is 0 Å². The van der Waals surface area contributed by atoms with Crippen molar-refractivity contribution in [1.29, 1.82) is 0 Å². The van der Waals surface area contributed by atoms with Gasteiger partial charge in [0.2, 0.25) is 0 Å². The Balaban J connectivity index is 2.29. The summed E-state index contributed by atoms with van der Waals surface area (Å²) in [6.45, 7) is 0.0830. The maximum absolute atomic E-state index is 13.2. The first-order valence-electron chi connectivity index (χ1n) is 6.10. The zero-order valence-electron chi connectivity index (χ0n) is 11.6. The van der Waals surface area contributed by atoms with Gasteiger partial charge in [-0.1, -0.05) is 0 Å². The Hall–Kier alpha value is -1.67. The summed E-state index contributed by atoms with van der Waals surface area (Å²) in [7, 11) is -1.63. The minimum atomic E-state index is -3.15. The Labute approximate surface area is 126 Å². The number of anilines is 1. The van der Waals surface area contributed by atoms with E-state index in [1.54, 1.807) is 6.07 Å². The molecule has 0 unspecified atom stereocenters. The van der Waals surface area contributed by atoms with Crippen LogP contribution in [0, 0.1) is 5.82 Å². The molecule has 21 heavy (non-hydrogen) atoms. The summed E-state index contributed by atoms with van der Waals surface area (Å²) in [5.41, 5.74) is 6.13. The molecule has 0 aliphatic carbocycles. The quantitative estimate of drug-likeness (QED) is 0.926. The van der Waals surface area contributed by atoms with Crippen molar-refractivity contribution in [3.05, 3.63) is 28.9 Å². The molecule has 5 nitrogen and oxygen atoms in total. The molecule has 0 aliphatic rings. The molecular weight excluding hydrogens is 315 g/mol. The van der Waals surface area contributed by atoms with Gasteiger partial charge in [0.1, 0.15) is 20.5 Å². The van der Waals surface area contributed by atoms with E-state index in [0.717, 1.165) is 6.26 Å². The van der Waals surface area contributed by atoms with Crippen molar-refractivity contribution < 1.29 is 17.6 Å². The molecular formula is C13H15FN2O3S2. The number of amides is 1. The fourth-order valence-corrected chi connectivity index (χ4v) is 3.53. The van der Waals surface area contributed by atoms with E-state index >= 15 is 0 Å². The van der Waals surface area contributed by atoms with Gasteiger partial charge in [-0.15, -0.1) is 11.3 Å². The first-order valence-corrected chi connectivity index (χ1v) is 8.97. The van der Waals surface area contributed by atoms with Crippen LogP contribution in [0.2, 0.25) is 0 Å². The molecule has 0 atom stereocenters. The molecule has 0 bridgehead atoms. The van der Waals surface area contributed by atoms with E-state index in [2.05, 4.69) is 0 Å². The number of nitrogen functional groups attached to an aromatic ring is 1. The molecule has 0 saturated carbocycles. The molecule has 0 radical (unpaired) electrons. The van der Waals surface area contributed by atoms with Crippen molar-refractivity contribution >= 4 is 42.9 Å². The standard InChI is InChI=1S/C13H15FN2O3S2/c1-16(5-6-21(2,18)19)13(17)12-11(15)9-7-8(14)3-4-10(9)20-12/h3-4,7H,5-6,15H2,1-2H3. The number of halogens is 1. The van der Waals surface area contributed by atoms with E-state index in [1.807, 2.05) is 0 Å². The van der Waals surface area contributed by atoms with Crippen LogP contribution in [0.3, 0.4) is 0 Å². The molecule has 1 amide bonds. The predicted octanol–water partition coefficient (Wildman–Crippen LogP) is 1.74. The molecule has 1 aromatic heterocycles. The summed E-state index contributed by atoms with van der Waals surface area (Å²) in [5, 5.41) is 0.500. The van der Waals surface area contributed by atoms with Gasteiger partial charge in [0.05, 0.1) is 11.4 Å². The fraction of sp³-hybridized carbons (Fsp3) is 0.308. The van der Waals surface area contributed by atoms with Crippen molar-refractivity contribution in [2.45, 2.75) is 0 Å². The van der Waals surface area contributed by atoms with Gasteiger partial charge in [-0.2, -0.15) is 0 Å². The number of carbonyl (C=O) groups excluding carboxylic acids is 1. The van der Waals surface area contributed by atoms with Crippen LogP contribution >= 0.6 is 11.3 Å². The topological polar surface area (TPSA) is 80.5 Å². The summed E-state index contributed by atoms with van der Waals surface area (Å²) in [6.07, 6.45) is 1.11. The van der Waals surface area contributed by atoms with Crippen molar-refractivity contribution in [3.8, 4) is 0 Å². The fourth-order valence-electron chi connectivity index (χ4n) is 1.83. The third-order valence-electron chi connectivity index (χ3n) is 3.03. The van der Waals surface area contributed by atoms with E-state index in [-0.39, 0.29) is 23.9 Å². The van der Waals surface area contributed by atoms with E-state index in [0.29, 0.717) is 15.0 Å². The lowest BCUT2D eigenvalue weighted by Gasteiger charge is -2.15. The molecule has 0 aliphatic heterocycles. The third-order valence-corrected chi connectivity index (χ3v) is 5.13. The molecule has 114 valence electrons. The van der Waals surface area contributed by atoms with Gasteiger partial charge in [0.25, 0.3) is 5.91 Å². The SMILES string of the molecule is CN(CCS(C)(=O)=O)C(=O)c1sc2ccc(F)cc2c1N. The number of fused-ring (bicyclic) bond motifs is 1. The zero-order chi connectivity index (χ0) is 15.8. The number of rotatable bonds is 4. The number of nitrogens with two attached hydrogens (primary N) is 1. The number of hydrogen-bond acceptors (Lipinski definition) is 5. The highest BCUT2D eigenvalue weighted by atomic mass is 32.2. The van der Waals surface area contributed by atoms with Crippen LogP contribution in [0.5, 0.6) is 0 Å². The molecule has 2 rings (SSSR count). The monoisotopic (exact) mass is 330 g/mol. The van der Waals surface area contributed by atoms with E-state index in [1.165, 1.54) is 35.4 Å². The Bertz CT molecular complexity index is 799. The van der Waals surface area contributed by atoms with E-state index in [9.17, 15) is 17.6 Å². The summed E-state index contributed by atoms with van der Waals surface area (Å²) in [5.74, 6) is -0.900. The van der Waals surface area contributed by atoms with Crippen molar-refractivity contribution in [3.63, 3.8) is 0 Å². The maximum Gasteiger partial charge on any atom is 0.265 e. The molecule has 0 spiro atoms. The van der Waals surface area contributed by atoms with Crippen LogP contribution in [0.1, 0.15) is 9.67 Å². The first-order chi connectivity index (χ1) is 9.69. The Kier molecular flexibility index (Phi) is 4.20. The van der Waals surface area contributed by atoms with Crippen molar-refractivity contribution in [2.75, 3.05) is 31.3 Å². The van der Waals surface area contributed by atoms with Crippen LogP contribution < -0.4 is 5.73 Å². The lowest BCUT2D eigenvalue weighted by Crippen LogP contribution is -2.31. The molecule has 8 heteroatoms. The molecule has 0 saturated heterocycles. The third kappa shape index (κ3) is 3.51. The predicted molar refractivity (Wildman–Crippen MR) is 82.9 cm³/mol.